The van der Waals surface area contributed by atoms with Crippen molar-refractivity contribution in [3.63, 3.8) is 0 Å². The molecular weight excluding hydrogens is 436 g/mol. The van der Waals surface area contributed by atoms with Crippen LogP contribution in [0.5, 0.6) is 0 Å². The summed E-state index contributed by atoms with van der Waals surface area (Å²) in [6.45, 7) is 4.90. The average molecular weight is 465 g/mol. The number of anilines is 1. The monoisotopic (exact) mass is 464 g/mol. The van der Waals surface area contributed by atoms with Gasteiger partial charge in [0, 0.05) is 39.0 Å². The molecule has 2 aliphatic heterocycles. The largest absolute Gasteiger partial charge is 0.335 e. The molecule has 3 aromatic carbocycles. The number of hydrogen-bond acceptors (Lipinski definition) is 4. The van der Waals surface area contributed by atoms with Gasteiger partial charge in [0.2, 0.25) is 5.91 Å². The molecule has 1 fully saturated rings. The Bertz CT molecular complexity index is 1280. The zero-order valence-corrected chi connectivity index (χ0v) is 19.9. The zero-order chi connectivity index (χ0) is 23.9. The van der Waals surface area contributed by atoms with Crippen molar-refractivity contribution in [2.45, 2.75) is 25.8 Å². The average Bonchev–Trinajstić information content (AvgIpc) is 3.24. The van der Waals surface area contributed by atoms with Crippen LogP contribution in [0.2, 0.25) is 0 Å². The Morgan fingerprint density at radius 2 is 1.40 bits per heavy atom. The third kappa shape index (κ3) is 3.84. The van der Waals surface area contributed by atoms with Crippen LogP contribution in [0.3, 0.4) is 0 Å². The summed E-state index contributed by atoms with van der Waals surface area (Å²) in [7, 11) is 0. The second-order valence-electron chi connectivity index (χ2n) is 9.49. The fourth-order valence-electron chi connectivity index (χ4n) is 5.48. The quantitative estimate of drug-likeness (QED) is 0.578. The topological polar surface area (TPSA) is 56.2 Å². The summed E-state index contributed by atoms with van der Waals surface area (Å²) in [5.41, 5.74) is 7.59. The van der Waals surface area contributed by atoms with E-state index in [0.29, 0.717) is 37.3 Å². The number of hydrogen-bond donors (Lipinski definition) is 0. The molecule has 176 valence electrons. The minimum Gasteiger partial charge on any atom is -0.335 e. The predicted molar refractivity (Wildman–Crippen MR) is 137 cm³/mol. The van der Waals surface area contributed by atoms with Crippen molar-refractivity contribution in [3.05, 3.63) is 89.5 Å². The maximum Gasteiger partial charge on any atom is 0.270 e. The molecule has 3 aromatic rings. The third-order valence-corrected chi connectivity index (χ3v) is 7.33. The van der Waals surface area contributed by atoms with E-state index in [2.05, 4.69) is 58.5 Å². The predicted octanol–water partition coefficient (Wildman–Crippen LogP) is 4.39. The normalized spacial score (nSPS) is 18.3. The summed E-state index contributed by atoms with van der Waals surface area (Å²) < 4.78 is 0. The Kier molecular flexibility index (Phi) is 5.46. The highest BCUT2D eigenvalue weighted by Gasteiger charge is 2.36. The van der Waals surface area contributed by atoms with Crippen LogP contribution in [0, 0.1) is 6.92 Å². The molecule has 1 aliphatic carbocycles. The lowest BCUT2D eigenvalue weighted by atomic mass is 10.0. The van der Waals surface area contributed by atoms with Crippen molar-refractivity contribution >= 4 is 23.2 Å². The van der Waals surface area contributed by atoms with Crippen molar-refractivity contribution in [3.8, 4) is 11.1 Å². The Morgan fingerprint density at radius 3 is 2.03 bits per heavy atom. The molecule has 0 saturated carbocycles. The first-order valence-corrected chi connectivity index (χ1v) is 12.3. The van der Waals surface area contributed by atoms with Crippen molar-refractivity contribution in [2.24, 2.45) is 5.10 Å². The number of carbonyl (C=O) groups is 2. The Labute approximate surface area is 205 Å². The maximum absolute atomic E-state index is 13.4. The van der Waals surface area contributed by atoms with Gasteiger partial charge in [0.05, 0.1) is 11.7 Å². The number of benzene rings is 3. The van der Waals surface area contributed by atoms with E-state index in [0.717, 1.165) is 18.7 Å². The molecule has 35 heavy (non-hydrogen) atoms. The third-order valence-electron chi connectivity index (χ3n) is 7.33. The van der Waals surface area contributed by atoms with Gasteiger partial charge in [0.15, 0.2) is 0 Å². The van der Waals surface area contributed by atoms with Crippen LogP contribution < -0.4 is 5.01 Å². The van der Waals surface area contributed by atoms with Gasteiger partial charge < -0.3 is 4.90 Å². The molecule has 2 heterocycles. The van der Waals surface area contributed by atoms with E-state index in [9.17, 15) is 9.59 Å². The molecule has 3 aliphatic rings. The number of piperazine rings is 1. The number of aryl methyl sites for hydroxylation is 1. The Hall–Kier alpha value is -3.77. The standard InChI is InChI=1S/C29H28N4O2/c1-20-10-12-21(13-11-20)33-27(34)15-14-26(30-33)29(35)32-18-16-31(17-19-32)28-24-8-4-2-6-22(24)23-7-3-5-9-25(23)28/h2-13,28H,14-19H2,1H3. The van der Waals surface area contributed by atoms with Crippen molar-refractivity contribution < 1.29 is 9.59 Å². The molecule has 2 amide bonds. The summed E-state index contributed by atoms with van der Waals surface area (Å²) in [4.78, 5) is 30.2. The minimum atomic E-state index is -0.0752. The molecule has 1 saturated heterocycles. The van der Waals surface area contributed by atoms with E-state index >= 15 is 0 Å². The van der Waals surface area contributed by atoms with Gasteiger partial charge in [-0.3, -0.25) is 14.5 Å². The molecule has 0 aromatic heterocycles. The second kappa shape index (κ2) is 8.78. The number of amides is 2. The van der Waals surface area contributed by atoms with Crippen LogP contribution in [0.1, 0.15) is 35.6 Å². The summed E-state index contributed by atoms with van der Waals surface area (Å²) in [6, 6.07) is 25.2. The van der Waals surface area contributed by atoms with Gasteiger partial charge in [0.1, 0.15) is 5.71 Å². The molecule has 0 N–H and O–H groups in total. The summed E-state index contributed by atoms with van der Waals surface area (Å²) in [5.74, 6) is -0.129. The summed E-state index contributed by atoms with van der Waals surface area (Å²) in [5, 5.41) is 5.88. The molecule has 0 radical (unpaired) electrons. The lowest BCUT2D eigenvalue weighted by Crippen LogP contribution is -2.52. The van der Waals surface area contributed by atoms with Gasteiger partial charge in [0.25, 0.3) is 5.91 Å². The van der Waals surface area contributed by atoms with Crippen LogP contribution in [-0.2, 0) is 9.59 Å². The lowest BCUT2D eigenvalue weighted by Gasteiger charge is -2.39. The van der Waals surface area contributed by atoms with Gasteiger partial charge >= 0.3 is 0 Å². The number of carbonyl (C=O) groups excluding carboxylic acids is 2. The van der Waals surface area contributed by atoms with Crippen LogP contribution in [0.25, 0.3) is 11.1 Å². The van der Waals surface area contributed by atoms with Crippen molar-refractivity contribution in [2.75, 3.05) is 31.2 Å². The molecule has 6 nitrogen and oxygen atoms in total. The van der Waals surface area contributed by atoms with Gasteiger partial charge in [-0.05, 0) is 41.3 Å². The lowest BCUT2D eigenvalue weighted by molar-refractivity contribution is -0.126. The Balaban J connectivity index is 1.18. The first-order chi connectivity index (χ1) is 17.1. The smallest absolute Gasteiger partial charge is 0.270 e. The van der Waals surface area contributed by atoms with Gasteiger partial charge in [-0.25, -0.2) is 5.01 Å². The molecule has 0 spiro atoms. The van der Waals surface area contributed by atoms with Crippen molar-refractivity contribution in [1.29, 1.82) is 0 Å². The maximum atomic E-state index is 13.4. The zero-order valence-electron chi connectivity index (χ0n) is 19.9. The van der Waals surface area contributed by atoms with Crippen LogP contribution >= 0.6 is 0 Å². The first-order valence-electron chi connectivity index (χ1n) is 12.3. The number of fused-ring (bicyclic) bond motifs is 3. The Morgan fingerprint density at radius 1 is 0.800 bits per heavy atom. The van der Waals surface area contributed by atoms with Crippen LogP contribution in [0.4, 0.5) is 5.69 Å². The number of hydrazone groups is 1. The van der Waals surface area contributed by atoms with E-state index in [-0.39, 0.29) is 17.9 Å². The molecule has 0 unspecified atom stereocenters. The van der Waals surface area contributed by atoms with Crippen LogP contribution in [0.15, 0.2) is 77.9 Å². The SMILES string of the molecule is Cc1ccc(N2N=C(C(=O)N3CCN(C4c5ccccc5-c5ccccc54)CC3)CCC2=O)cc1. The van der Waals surface area contributed by atoms with Gasteiger partial charge in [-0.2, -0.15) is 5.10 Å². The first kappa shape index (κ1) is 21.7. The van der Waals surface area contributed by atoms with E-state index in [1.807, 2.05) is 36.1 Å². The molecule has 6 heteroatoms. The summed E-state index contributed by atoms with van der Waals surface area (Å²) in [6.07, 6.45) is 0.692. The number of nitrogens with zero attached hydrogens (tertiary/aromatic N) is 4. The van der Waals surface area contributed by atoms with E-state index in [4.69, 9.17) is 0 Å². The highest BCUT2D eigenvalue weighted by molar-refractivity contribution is 6.40. The summed E-state index contributed by atoms with van der Waals surface area (Å²) >= 11 is 0. The fourth-order valence-corrected chi connectivity index (χ4v) is 5.48. The fraction of sp³-hybridized carbons (Fsp3) is 0.276. The molecule has 0 atom stereocenters. The second-order valence-corrected chi connectivity index (χ2v) is 9.49. The van der Waals surface area contributed by atoms with E-state index < -0.39 is 0 Å². The molecule has 0 bridgehead atoms. The van der Waals surface area contributed by atoms with Crippen LogP contribution in [-0.4, -0.2) is 53.5 Å². The highest BCUT2D eigenvalue weighted by Crippen LogP contribution is 2.46. The van der Waals surface area contributed by atoms with E-state index in [1.165, 1.54) is 27.3 Å². The van der Waals surface area contributed by atoms with Gasteiger partial charge in [-0.15, -0.1) is 0 Å². The highest BCUT2D eigenvalue weighted by atomic mass is 16.2. The van der Waals surface area contributed by atoms with Crippen molar-refractivity contribution in [1.82, 2.24) is 9.80 Å². The molecule has 6 rings (SSSR count). The number of rotatable bonds is 3. The minimum absolute atomic E-state index is 0.0542. The van der Waals surface area contributed by atoms with Gasteiger partial charge in [-0.1, -0.05) is 66.2 Å². The van der Waals surface area contributed by atoms with E-state index in [1.54, 1.807) is 0 Å². The molecular formula is C29H28N4O2.